The molecule has 1 N–H and O–H groups in total. The minimum Gasteiger partial charge on any atom is -0.393 e. The Labute approximate surface area is 98.4 Å². The summed E-state index contributed by atoms with van der Waals surface area (Å²) in [6.45, 7) is 5.09. The second-order valence-electron chi connectivity index (χ2n) is 3.62. The number of methoxy groups -OCH3 is 1. The van der Waals surface area contributed by atoms with Gasteiger partial charge in [0.1, 0.15) is 0 Å². The van der Waals surface area contributed by atoms with Gasteiger partial charge in [-0.15, -0.1) is 0 Å². The van der Waals surface area contributed by atoms with Crippen LogP contribution in [0.3, 0.4) is 0 Å². The molecule has 1 rings (SSSR count). The van der Waals surface area contributed by atoms with E-state index in [2.05, 4.69) is 21.0 Å². The first-order chi connectivity index (χ1) is 7.07. The zero-order valence-corrected chi connectivity index (χ0v) is 10.9. The molecule has 0 bridgehead atoms. The van der Waals surface area contributed by atoms with Crippen molar-refractivity contribution in [3.63, 3.8) is 0 Å². The minimum absolute atomic E-state index is 0.0544. The van der Waals surface area contributed by atoms with Gasteiger partial charge in [-0.25, -0.2) is 0 Å². The van der Waals surface area contributed by atoms with Crippen molar-refractivity contribution in [3.05, 3.63) is 16.4 Å². The van der Waals surface area contributed by atoms with Gasteiger partial charge in [-0.05, 0) is 22.9 Å². The molecule has 4 nitrogen and oxygen atoms in total. The molecule has 86 valence electrons. The highest BCUT2D eigenvalue weighted by Crippen LogP contribution is 2.26. The summed E-state index contributed by atoms with van der Waals surface area (Å²) in [7, 11) is 1.66. The lowest BCUT2D eigenvalue weighted by Gasteiger charge is -2.17. The highest BCUT2D eigenvalue weighted by Gasteiger charge is 2.19. The molecule has 1 aromatic rings. The molecule has 1 aromatic heterocycles. The van der Waals surface area contributed by atoms with E-state index in [0.29, 0.717) is 13.2 Å². The molecule has 5 heteroatoms. The number of aliphatic hydroxyl groups is 1. The molecule has 15 heavy (non-hydrogen) atoms. The van der Waals surface area contributed by atoms with Crippen LogP contribution < -0.4 is 0 Å². The van der Waals surface area contributed by atoms with Crippen LogP contribution in [0.25, 0.3) is 0 Å². The number of halogens is 1. The Bertz CT molecular complexity index is 312. The standard InChI is InChI=1S/C10H17BrN2O2/c1-7(8(2)14)10-9(11)6-12-13(10)4-5-15-3/h6-8,14H,4-5H2,1-3H3. The van der Waals surface area contributed by atoms with Crippen molar-refractivity contribution in [3.8, 4) is 0 Å². The van der Waals surface area contributed by atoms with Crippen molar-refractivity contribution in [2.45, 2.75) is 32.4 Å². The summed E-state index contributed by atoms with van der Waals surface area (Å²) in [6.07, 6.45) is 1.36. The zero-order chi connectivity index (χ0) is 11.4. The molecular formula is C10H17BrN2O2. The largest absolute Gasteiger partial charge is 0.393 e. The number of hydrogen-bond acceptors (Lipinski definition) is 3. The molecule has 0 fully saturated rings. The van der Waals surface area contributed by atoms with E-state index < -0.39 is 0 Å². The number of hydrogen-bond donors (Lipinski definition) is 1. The molecule has 0 aliphatic carbocycles. The van der Waals surface area contributed by atoms with E-state index in [4.69, 9.17) is 4.74 Å². The second-order valence-corrected chi connectivity index (χ2v) is 4.48. The van der Waals surface area contributed by atoms with Gasteiger partial charge in [0.05, 0.1) is 35.6 Å². The smallest absolute Gasteiger partial charge is 0.0658 e. The Balaban J connectivity index is 2.88. The molecule has 2 unspecified atom stereocenters. The summed E-state index contributed by atoms with van der Waals surface area (Å²) < 4.78 is 7.81. The average molecular weight is 277 g/mol. The van der Waals surface area contributed by atoms with Crippen LogP contribution in [0.1, 0.15) is 25.5 Å². The van der Waals surface area contributed by atoms with Crippen molar-refractivity contribution in [1.82, 2.24) is 9.78 Å². The third-order valence-electron chi connectivity index (χ3n) is 2.50. The fraction of sp³-hybridized carbons (Fsp3) is 0.700. The van der Waals surface area contributed by atoms with E-state index >= 15 is 0 Å². The van der Waals surface area contributed by atoms with Gasteiger partial charge in [-0.1, -0.05) is 6.92 Å². The molecule has 2 atom stereocenters. The van der Waals surface area contributed by atoms with Crippen molar-refractivity contribution in [2.75, 3.05) is 13.7 Å². The fourth-order valence-electron chi connectivity index (χ4n) is 1.41. The van der Waals surface area contributed by atoms with E-state index in [-0.39, 0.29) is 12.0 Å². The average Bonchev–Trinajstić information content (AvgIpc) is 2.55. The van der Waals surface area contributed by atoms with E-state index in [1.54, 1.807) is 20.2 Å². The van der Waals surface area contributed by atoms with Gasteiger partial charge in [0.15, 0.2) is 0 Å². The summed E-state index contributed by atoms with van der Waals surface area (Å²) in [5, 5.41) is 13.8. The number of nitrogens with zero attached hydrogens (tertiary/aromatic N) is 2. The molecule has 0 spiro atoms. The zero-order valence-electron chi connectivity index (χ0n) is 9.27. The predicted octanol–water partition coefficient (Wildman–Crippen LogP) is 1.78. The Kier molecular flexibility index (Phi) is 4.76. The van der Waals surface area contributed by atoms with Crippen molar-refractivity contribution >= 4 is 15.9 Å². The van der Waals surface area contributed by atoms with Crippen LogP contribution in [-0.4, -0.2) is 34.7 Å². The molecular weight excluding hydrogens is 260 g/mol. The molecule has 0 aliphatic heterocycles. The van der Waals surface area contributed by atoms with Crippen molar-refractivity contribution in [2.24, 2.45) is 0 Å². The number of aliphatic hydroxyl groups excluding tert-OH is 1. The summed E-state index contributed by atoms with van der Waals surface area (Å²) in [5.74, 6) is 0.0544. The maximum atomic E-state index is 9.57. The topological polar surface area (TPSA) is 47.3 Å². The summed E-state index contributed by atoms with van der Waals surface area (Å²) in [6, 6.07) is 0. The number of rotatable bonds is 5. The summed E-state index contributed by atoms with van der Waals surface area (Å²) in [4.78, 5) is 0. The molecule has 1 heterocycles. The highest BCUT2D eigenvalue weighted by molar-refractivity contribution is 9.10. The third kappa shape index (κ3) is 3.03. The van der Waals surface area contributed by atoms with Gasteiger partial charge in [0.25, 0.3) is 0 Å². The summed E-state index contributed by atoms with van der Waals surface area (Å²) >= 11 is 3.44. The minimum atomic E-state index is -0.390. The Hall–Kier alpha value is -0.390. The van der Waals surface area contributed by atoms with E-state index in [0.717, 1.165) is 10.2 Å². The first-order valence-corrected chi connectivity index (χ1v) is 5.75. The predicted molar refractivity (Wildman–Crippen MR) is 61.9 cm³/mol. The SMILES string of the molecule is COCCn1ncc(Br)c1C(C)C(C)O. The Morgan fingerprint density at radius 3 is 2.80 bits per heavy atom. The van der Waals surface area contributed by atoms with Gasteiger partial charge >= 0.3 is 0 Å². The van der Waals surface area contributed by atoms with Gasteiger partial charge in [0.2, 0.25) is 0 Å². The van der Waals surface area contributed by atoms with Gasteiger partial charge in [-0.3, -0.25) is 4.68 Å². The van der Waals surface area contributed by atoms with Crippen LogP contribution in [0.2, 0.25) is 0 Å². The summed E-state index contributed by atoms with van der Waals surface area (Å²) in [5.41, 5.74) is 1.02. The number of ether oxygens (including phenoxy) is 1. The second kappa shape index (κ2) is 5.63. The van der Waals surface area contributed by atoms with E-state index in [9.17, 15) is 5.11 Å². The molecule has 0 saturated carbocycles. The lowest BCUT2D eigenvalue weighted by Crippen LogP contribution is -2.18. The molecule has 0 radical (unpaired) electrons. The lowest BCUT2D eigenvalue weighted by molar-refractivity contribution is 0.158. The molecule has 0 aliphatic rings. The van der Waals surface area contributed by atoms with Crippen molar-refractivity contribution in [1.29, 1.82) is 0 Å². The van der Waals surface area contributed by atoms with Gasteiger partial charge in [-0.2, -0.15) is 5.10 Å². The quantitative estimate of drug-likeness (QED) is 0.892. The Morgan fingerprint density at radius 2 is 2.27 bits per heavy atom. The van der Waals surface area contributed by atoms with Crippen LogP contribution in [0, 0.1) is 0 Å². The van der Waals surface area contributed by atoms with Crippen LogP contribution >= 0.6 is 15.9 Å². The van der Waals surface area contributed by atoms with Crippen LogP contribution in [-0.2, 0) is 11.3 Å². The maximum absolute atomic E-state index is 9.57. The highest BCUT2D eigenvalue weighted by atomic mass is 79.9. The van der Waals surface area contributed by atoms with Crippen LogP contribution in [0.4, 0.5) is 0 Å². The van der Waals surface area contributed by atoms with Gasteiger partial charge < -0.3 is 9.84 Å². The molecule has 0 amide bonds. The first kappa shape index (κ1) is 12.7. The van der Waals surface area contributed by atoms with Crippen LogP contribution in [0.5, 0.6) is 0 Å². The van der Waals surface area contributed by atoms with Crippen molar-refractivity contribution < 1.29 is 9.84 Å². The van der Waals surface area contributed by atoms with E-state index in [1.807, 2.05) is 11.6 Å². The van der Waals surface area contributed by atoms with Crippen LogP contribution in [0.15, 0.2) is 10.7 Å². The molecule has 0 aromatic carbocycles. The normalized spacial score (nSPS) is 15.3. The lowest BCUT2D eigenvalue weighted by atomic mass is 10.0. The van der Waals surface area contributed by atoms with E-state index in [1.165, 1.54) is 0 Å². The first-order valence-electron chi connectivity index (χ1n) is 4.96. The maximum Gasteiger partial charge on any atom is 0.0658 e. The fourth-order valence-corrected chi connectivity index (χ4v) is 2.07. The number of aromatic nitrogens is 2. The third-order valence-corrected chi connectivity index (χ3v) is 3.11. The molecule has 0 saturated heterocycles. The Morgan fingerprint density at radius 1 is 1.60 bits per heavy atom. The van der Waals surface area contributed by atoms with Gasteiger partial charge in [0, 0.05) is 13.0 Å². The monoisotopic (exact) mass is 276 g/mol.